The number of nitrogens with zero attached hydrogens (tertiary/aromatic N) is 2. The summed E-state index contributed by atoms with van der Waals surface area (Å²) in [7, 11) is 0. The van der Waals surface area contributed by atoms with E-state index < -0.39 is 24.3 Å². The molecule has 2 aliphatic heterocycles. The van der Waals surface area contributed by atoms with Crippen molar-refractivity contribution < 1.29 is 28.5 Å². The first kappa shape index (κ1) is 30.5. The van der Waals surface area contributed by atoms with Gasteiger partial charge in [-0.2, -0.15) is 0 Å². The molecule has 234 valence electrons. The minimum Gasteiger partial charge on any atom is -0.489 e. The van der Waals surface area contributed by atoms with Crippen LogP contribution in [0.5, 0.6) is 23.0 Å². The molecule has 0 spiro atoms. The van der Waals surface area contributed by atoms with Crippen molar-refractivity contribution in [2.45, 2.75) is 24.3 Å². The number of β-lactam (4-membered cyclic amide) rings is 2. The Hall–Kier alpha value is -5.50. The fraction of sp³-hybridized carbons (Fsp3) is 0.211. The van der Waals surface area contributed by atoms with Crippen LogP contribution in [0.3, 0.4) is 0 Å². The quantitative estimate of drug-likeness (QED) is 0.117. The molecule has 8 heteroatoms. The van der Waals surface area contributed by atoms with Crippen LogP contribution in [0.25, 0.3) is 0 Å². The summed E-state index contributed by atoms with van der Waals surface area (Å²) >= 11 is 0. The van der Waals surface area contributed by atoms with Gasteiger partial charge in [0.1, 0.15) is 48.3 Å². The Morgan fingerprint density at radius 1 is 0.543 bits per heavy atom. The second kappa shape index (κ2) is 14.1. The second-order valence-corrected chi connectivity index (χ2v) is 10.9. The van der Waals surface area contributed by atoms with E-state index in [1.165, 1.54) is 0 Å². The number of amides is 2. The molecule has 2 aliphatic rings. The highest BCUT2D eigenvalue weighted by atomic mass is 16.5. The fourth-order valence-electron chi connectivity index (χ4n) is 5.94. The molecule has 0 N–H and O–H groups in total. The van der Waals surface area contributed by atoms with Gasteiger partial charge in [-0.25, -0.2) is 0 Å². The van der Waals surface area contributed by atoms with Crippen molar-refractivity contribution >= 4 is 11.8 Å². The predicted octanol–water partition coefficient (Wildman–Crippen LogP) is 6.18. The first-order valence-electron chi connectivity index (χ1n) is 15.3. The number of carbonyl (C=O) groups is 2. The van der Waals surface area contributed by atoms with Gasteiger partial charge >= 0.3 is 0 Å². The van der Waals surface area contributed by atoms with Gasteiger partial charge in [0.2, 0.25) is 12.2 Å². The molecule has 0 radical (unpaired) electrons. The lowest BCUT2D eigenvalue weighted by Gasteiger charge is -2.50. The van der Waals surface area contributed by atoms with Gasteiger partial charge in [-0.3, -0.25) is 9.59 Å². The Morgan fingerprint density at radius 2 is 0.913 bits per heavy atom. The van der Waals surface area contributed by atoms with Crippen LogP contribution >= 0.6 is 0 Å². The zero-order chi connectivity index (χ0) is 31.9. The van der Waals surface area contributed by atoms with Crippen LogP contribution < -0.4 is 18.9 Å². The molecule has 8 nitrogen and oxygen atoms in total. The molecule has 0 aromatic heterocycles. The molecule has 2 heterocycles. The first-order valence-corrected chi connectivity index (χ1v) is 15.3. The van der Waals surface area contributed by atoms with E-state index in [2.05, 4.69) is 13.2 Å². The van der Waals surface area contributed by atoms with Crippen LogP contribution in [-0.4, -0.2) is 60.1 Å². The fourth-order valence-corrected chi connectivity index (χ4v) is 5.94. The van der Waals surface area contributed by atoms with Crippen LogP contribution in [-0.2, 0) is 9.59 Å². The zero-order valence-corrected chi connectivity index (χ0v) is 25.4. The number of likely N-dealkylation sites (tertiary alicyclic amines) is 2. The molecule has 46 heavy (non-hydrogen) atoms. The molecule has 4 aromatic carbocycles. The van der Waals surface area contributed by atoms with Gasteiger partial charge in [-0.15, -0.1) is 0 Å². The van der Waals surface area contributed by atoms with Gasteiger partial charge in [0, 0.05) is 24.2 Å². The van der Waals surface area contributed by atoms with Crippen LogP contribution in [0, 0.1) is 0 Å². The summed E-state index contributed by atoms with van der Waals surface area (Å²) in [6.45, 7) is 8.74. The Morgan fingerprint density at radius 3 is 1.30 bits per heavy atom. The van der Waals surface area contributed by atoms with Crippen LogP contribution in [0.15, 0.2) is 135 Å². The minimum absolute atomic E-state index is 0.163. The monoisotopic (exact) mass is 616 g/mol. The van der Waals surface area contributed by atoms with E-state index >= 15 is 0 Å². The summed E-state index contributed by atoms with van der Waals surface area (Å²) in [5.41, 5.74) is 1.65. The SMILES string of the molecule is C=CCOc1ccccc1[C@@H]1[C@H](Oc2ccccc2)C(=O)N1CCN1C(=O)[C@H](Oc2ccccc2)[C@@H]1c1ccccc1OCC=C. The summed E-state index contributed by atoms with van der Waals surface area (Å²) in [4.78, 5) is 30.9. The molecule has 6 rings (SSSR count). The van der Waals surface area contributed by atoms with Crippen molar-refractivity contribution in [3.8, 4) is 23.0 Å². The van der Waals surface area contributed by atoms with E-state index in [9.17, 15) is 9.59 Å². The van der Waals surface area contributed by atoms with E-state index in [1.54, 1.807) is 22.0 Å². The molecular weight excluding hydrogens is 580 g/mol. The molecule has 2 fully saturated rings. The summed E-state index contributed by atoms with van der Waals surface area (Å²) < 4.78 is 24.4. The highest BCUT2D eigenvalue weighted by molar-refractivity contribution is 5.91. The first-order chi connectivity index (χ1) is 22.6. The average molecular weight is 617 g/mol. The van der Waals surface area contributed by atoms with E-state index in [4.69, 9.17) is 18.9 Å². The zero-order valence-electron chi connectivity index (χ0n) is 25.4. The van der Waals surface area contributed by atoms with Gasteiger partial charge in [0.25, 0.3) is 11.8 Å². The Bertz CT molecular complexity index is 1550. The smallest absolute Gasteiger partial charge is 0.266 e. The molecule has 0 saturated carbocycles. The van der Waals surface area contributed by atoms with E-state index in [0.717, 1.165) is 11.1 Å². The van der Waals surface area contributed by atoms with E-state index in [0.29, 0.717) is 36.2 Å². The molecular formula is C38H36N2O6. The number of hydrogen-bond acceptors (Lipinski definition) is 6. The lowest BCUT2D eigenvalue weighted by molar-refractivity contribution is -0.172. The maximum Gasteiger partial charge on any atom is 0.266 e. The summed E-state index contributed by atoms with van der Waals surface area (Å²) in [6.07, 6.45) is 1.86. The van der Waals surface area contributed by atoms with Gasteiger partial charge in [0.05, 0.1) is 0 Å². The standard InChI is InChI=1S/C38H36N2O6/c1-3-25-43-31-21-13-11-19-29(31)33-35(45-27-15-7-5-8-16-27)37(41)39(33)23-24-40-34(30-20-12-14-22-32(30)44-26-4-2)36(38(40)42)46-28-17-9-6-10-18-28/h3-22,33-36H,1-2,23-26H2/t33-,34+,35+,36-. The van der Waals surface area contributed by atoms with Crippen molar-refractivity contribution in [1.29, 1.82) is 0 Å². The highest BCUT2D eigenvalue weighted by Crippen LogP contribution is 2.44. The summed E-state index contributed by atoms with van der Waals surface area (Å²) in [5.74, 6) is 2.17. The van der Waals surface area contributed by atoms with Crippen molar-refractivity contribution in [2.75, 3.05) is 26.3 Å². The summed E-state index contributed by atoms with van der Waals surface area (Å²) in [5, 5.41) is 0. The Kier molecular flexibility index (Phi) is 9.34. The largest absolute Gasteiger partial charge is 0.489 e. The maximum absolute atomic E-state index is 13.7. The number of ether oxygens (including phenoxy) is 4. The highest BCUT2D eigenvalue weighted by Gasteiger charge is 2.54. The normalized spacial score (nSPS) is 20.3. The number of benzene rings is 4. The van der Waals surface area contributed by atoms with E-state index in [-0.39, 0.29) is 24.9 Å². The van der Waals surface area contributed by atoms with Crippen molar-refractivity contribution in [2.24, 2.45) is 0 Å². The molecule has 2 saturated heterocycles. The van der Waals surface area contributed by atoms with Crippen molar-refractivity contribution in [1.82, 2.24) is 9.80 Å². The third-order valence-corrected chi connectivity index (χ3v) is 8.08. The van der Waals surface area contributed by atoms with Crippen LogP contribution in [0.2, 0.25) is 0 Å². The molecule has 2 amide bonds. The lowest BCUT2D eigenvalue weighted by Crippen LogP contribution is -2.66. The van der Waals surface area contributed by atoms with Gasteiger partial charge in [-0.1, -0.05) is 98.1 Å². The topological polar surface area (TPSA) is 77.5 Å². The van der Waals surface area contributed by atoms with Gasteiger partial charge < -0.3 is 28.7 Å². The molecule has 4 atom stereocenters. The van der Waals surface area contributed by atoms with Crippen LogP contribution in [0.4, 0.5) is 0 Å². The third-order valence-electron chi connectivity index (χ3n) is 8.08. The number of para-hydroxylation sites is 4. The van der Waals surface area contributed by atoms with Crippen LogP contribution in [0.1, 0.15) is 23.2 Å². The average Bonchev–Trinajstić information content (AvgIpc) is 3.10. The maximum atomic E-state index is 13.7. The molecule has 4 aromatic rings. The van der Waals surface area contributed by atoms with Crippen molar-refractivity contribution in [3.63, 3.8) is 0 Å². The minimum atomic E-state index is -0.749. The van der Waals surface area contributed by atoms with Gasteiger partial charge in [-0.05, 0) is 36.4 Å². The predicted molar refractivity (Wildman–Crippen MR) is 175 cm³/mol. The Balaban J connectivity index is 1.27. The number of hydrogen-bond donors (Lipinski definition) is 0. The van der Waals surface area contributed by atoms with E-state index in [1.807, 2.05) is 109 Å². The lowest BCUT2D eigenvalue weighted by atomic mass is 9.88. The molecule has 0 aliphatic carbocycles. The number of carbonyl (C=O) groups excluding carboxylic acids is 2. The number of rotatable bonds is 15. The molecule has 0 bridgehead atoms. The second-order valence-electron chi connectivity index (χ2n) is 10.9. The Labute approximate surface area is 269 Å². The van der Waals surface area contributed by atoms with Gasteiger partial charge in [0.15, 0.2) is 0 Å². The third kappa shape index (κ3) is 6.19. The van der Waals surface area contributed by atoms with Crippen molar-refractivity contribution in [3.05, 3.63) is 146 Å². The summed E-state index contributed by atoms with van der Waals surface area (Å²) in [6, 6.07) is 33.0. The molecule has 0 unspecified atom stereocenters.